The third-order valence-electron chi connectivity index (χ3n) is 4.69. The predicted molar refractivity (Wildman–Crippen MR) is 92.5 cm³/mol. The molecule has 0 aliphatic heterocycles. The van der Waals surface area contributed by atoms with Crippen LogP contribution in [0, 0.1) is 5.92 Å². The number of alkyl carbamates (subject to hydrolysis) is 1. The number of amides is 1. The van der Waals surface area contributed by atoms with Gasteiger partial charge in [-0.2, -0.15) is 0 Å². The number of nitrogens with one attached hydrogen (secondary N) is 1. The summed E-state index contributed by atoms with van der Waals surface area (Å²) in [6, 6.07) is 19.9. The third kappa shape index (κ3) is 4.15. The Bertz CT molecular complexity index is 644. The average molecular weight is 325 g/mol. The summed E-state index contributed by atoms with van der Waals surface area (Å²) in [4.78, 5) is 12.0. The van der Waals surface area contributed by atoms with Crippen LogP contribution >= 0.6 is 0 Å². The standard InChI is InChI=1S/C20H23NO3/c22-13-17-11-18(12-19(17)16-9-5-2-6-10-16)21-20(23)24-14-15-7-3-1-4-8-15/h1-10,17-19,22H,11-14H2,(H,21,23). The molecule has 1 fully saturated rings. The average Bonchev–Trinajstić information content (AvgIpc) is 3.04. The molecule has 3 atom stereocenters. The fourth-order valence-corrected chi connectivity index (χ4v) is 3.48. The summed E-state index contributed by atoms with van der Waals surface area (Å²) >= 11 is 0. The first-order valence-corrected chi connectivity index (χ1v) is 8.39. The van der Waals surface area contributed by atoms with Gasteiger partial charge in [-0.25, -0.2) is 4.79 Å². The molecule has 4 nitrogen and oxygen atoms in total. The number of carbonyl (C=O) groups is 1. The van der Waals surface area contributed by atoms with Crippen LogP contribution in [0.1, 0.15) is 29.9 Å². The minimum absolute atomic E-state index is 0.0376. The Hall–Kier alpha value is -2.33. The van der Waals surface area contributed by atoms with E-state index in [9.17, 15) is 9.90 Å². The number of hydrogen-bond acceptors (Lipinski definition) is 3. The highest BCUT2D eigenvalue weighted by atomic mass is 16.5. The van der Waals surface area contributed by atoms with E-state index >= 15 is 0 Å². The Morgan fingerprint density at radius 3 is 2.38 bits per heavy atom. The van der Waals surface area contributed by atoms with E-state index < -0.39 is 6.09 Å². The highest BCUT2D eigenvalue weighted by molar-refractivity contribution is 5.67. The largest absolute Gasteiger partial charge is 0.445 e. The number of benzene rings is 2. The highest BCUT2D eigenvalue weighted by Crippen LogP contribution is 2.39. The Kier molecular flexibility index (Phi) is 5.49. The molecule has 0 radical (unpaired) electrons. The van der Waals surface area contributed by atoms with Gasteiger partial charge in [0.25, 0.3) is 0 Å². The summed E-state index contributed by atoms with van der Waals surface area (Å²) in [6.45, 7) is 0.405. The first-order valence-electron chi connectivity index (χ1n) is 8.39. The number of aliphatic hydroxyl groups is 1. The summed E-state index contributed by atoms with van der Waals surface area (Å²) in [5.41, 5.74) is 2.19. The quantitative estimate of drug-likeness (QED) is 0.885. The summed E-state index contributed by atoms with van der Waals surface area (Å²) in [5, 5.41) is 12.6. The topological polar surface area (TPSA) is 58.6 Å². The molecular weight excluding hydrogens is 302 g/mol. The molecule has 0 spiro atoms. The molecule has 2 aromatic carbocycles. The van der Waals surface area contributed by atoms with E-state index in [4.69, 9.17) is 4.74 Å². The molecule has 2 aromatic rings. The van der Waals surface area contributed by atoms with Gasteiger partial charge in [-0.15, -0.1) is 0 Å². The second kappa shape index (κ2) is 7.97. The van der Waals surface area contributed by atoms with Crippen molar-refractivity contribution in [2.24, 2.45) is 5.92 Å². The van der Waals surface area contributed by atoms with Gasteiger partial charge in [-0.3, -0.25) is 0 Å². The maximum absolute atomic E-state index is 12.0. The molecule has 2 N–H and O–H groups in total. The molecule has 4 heteroatoms. The summed E-state index contributed by atoms with van der Waals surface area (Å²) in [7, 11) is 0. The molecule has 3 unspecified atom stereocenters. The van der Waals surface area contributed by atoms with Gasteiger partial charge in [-0.05, 0) is 35.8 Å². The summed E-state index contributed by atoms with van der Waals surface area (Å²) in [5.74, 6) is 0.447. The highest BCUT2D eigenvalue weighted by Gasteiger charge is 2.35. The van der Waals surface area contributed by atoms with Gasteiger partial charge in [0.05, 0.1) is 0 Å². The maximum Gasteiger partial charge on any atom is 0.407 e. The zero-order chi connectivity index (χ0) is 16.8. The van der Waals surface area contributed by atoms with Crippen molar-refractivity contribution in [2.45, 2.75) is 31.4 Å². The fraction of sp³-hybridized carbons (Fsp3) is 0.350. The fourth-order valence-electron chi connectivity index (χ4n) is 3.48. The first kappa shape index (κ1) is 16.5. The molecule has 0 heterocycles. The maximum atomic E-state index is 12.0. The monoisotopic (exact) mass is 325 g/mol. The van der Waals surface area contributed by atoms with Crippen LogP contribution in [0.4, 0.5) is 4.79 Å². The van der Waals surface area contributed by atoms with E-state index in [-0.39, 0.29) is 31.1 Å². The minimum atomic E-state index is -0.394. The number of aliphatic hydroxyl groups excluding tert-OH is 1. The molecule has 1 amide bonds. The third-order valence-corrected chi connectivity index (χ3v) is 4.69. The number of rotatable bonds is 5. The molecular formula is C20H23NO3. The zero-order valence-corrected chi connectivity index (χ0v) is 13.6. The van der Waals surface area contributed by atoms with E-state index in [1.807, 2.05) is 48.5 Å². The van der Waals surface area contributed by atoms with Crippen LogP contribution in [0.5, 0.6) is 0 Å². The predicted octanol–water partition coefficient (Wildman–Crippen LogP) is 3.47. The molecule has 24 heavy (non-hydrogen) atoms. The van der Waals surface area contributed by atoms with Crippen LogP contribution in [-0.2, 0) is 11.3 Å². The van der Waals surface area contributed by atoms with E-state index in [0.717, 1.165) is 18.4 Å². The van der Waals surface area contributed by atoms with E-state index in [1.165, 1.54) is 5.56 Å². The van der Waals surface area contributed by atoms with Crippen molar-refractivity contribution in [2.75, 3.05) is 6.61 Å². The number of ether oxygens (including phenoxy) is 1. The normalized spacial score (nSPS) is 23.0. The molecule has 0 bridgehead atoms. The van der Waals surface area contributed by atoms with Gasteiger partial charge in [0.1, 0.15) is 6.61 Å². The van der Waals surface area contributed by atoms with Crippen molar-refractivity contribution in [1.29, 1.82) is 0 Å². The lowest BCUT2D eigenvalue weighted by molar-refractivity contribution is 0.135. The Labute approximate surface area is 142 Å². The van der Waals surface area contributed by atoms with Gasteiger partial charge in [0.15, 0.2) is 0 Å². The van der Waals surface area contributed by atoms with Crippen molar-refractivity contribution >= 4 is 6.09 Å². The van der Waals surface area contributed by atoms with Crippen molar-refractivity contribution < 1.29 is 14.6 Å². The van der Waals surface area contributed by atoms with Crippen LogP contribution in [0.3, 0.4) is 0 Å². The van der Waals surface area contributed by atoms with Crippen LogP contribution in [0.25, 0.3) is 0 Å². The SMILES string of the molecule is O=C(NC1CC(CO)C(c2ccccc2)C1)OCc1ccccc1. The van der Waals surface area contributed by atoms with Gasteiger partial charge in [-0.1, -0.05) is 60.7 Å². The second-order valence-electron chi connectivity index (χ2n) is 6.33. The molecule has 1 aliphatic carbocycles. The van der Waals surface area contributed by atoms with E-state index in [1.54, 1.807) is 0 Å². The van der Waals surface area contributed by atoms with Crippen molar-refractivity contribution in [3.8, 4) is 0 Å². The van der Waals surface area contributed by atoms with Crippen LogP contribution in [0.15, 0.2) is 60.7 Å². The van der Waals surface area contributed by atoms with Crippen LogP contribution < -0.4 is 5.32 Å². The van der Waals surface area contributed by atoms with Crippen LogP contribution in [-0.4, -0.2) is 23.8 Å². The molecule has 0 saturated heterocycles. The smallest absolute Gasteiger partial charge is 0.407 e. The van der Waals surface area contributed by atoms with Crippen LogP contribution in [0.2, 0.25) is 0 Å². The van der Waals surface area contributed by atoms with Crippen molar-refractivity contribution in [3.05, 3.63) is 71.8 Å². The molecule has 3 rings (SSSR count). The second-order valence-corrected chi connectivity index (χ2v) is 6.33. The lowest BCUT2D eigenvalue weighted by Crippen LogP contribution is -2.33. The zero-order valence-electron chi connectivity index (χ0n) is 13.6. The number of hydrogen-bond donors (Lipinski definition) is 2. The van der Waals surface area contributed by atoms with Crippen molar-refractivity contribution in [1.82, 2.24) is 5.32 Å². The molecule has 1 aliphatic rings. The molecule has 126 valence electrons. The van der Waals surface area contributed by atoms with Crippen molar-refractivity contribution in [3.63, 3.8) is 0 Å². The molecule has 0 aromatic heterocycles. The van der Waals surface area contributed by atoms with Gasteiger partial charge in [0.2, 0.25) is 0 Å². The van der Waals surface area contributed by atoms with E-state index in [2.05, 4.69) is 17.4 Å². The van der Waals surface area contributed by atoms with Gasteiger partial charge < -0.3 is 15.2 Å². The Morgan fingerprint density at radius 2 is 1.71 bits per heavy atom. The summed E-state index contributed by atoms with van der Waals surface area (Å²) in [6.07, 6.45) is 1.21. The first-order chi connectivity index (χ1) is 11.8. The van der Waals surface area contributed by atoms with Gasteiger partial charge >= 0.3 is 6.09 Å². The number of carbonyl (C=O) groups excluding carboxylic acids is 1. The minimum Gasteiger partial charge on any atom is -0.445 e. The molecule has 1 saturated carbocycles. The Morgan fingerprint density at radius 1 is 1.04 bits per heavy atom. The van der Waals surface area contributed by atoms with E-state index in [0.29, 0.717) is 0 Å². The summed E-state index contributed by atoms with van der Waals surface area (Å²) < 4.78 is 5.29. The Balaban J connectivity index is 1.53. The van der Waals surface area contributed by atoms with Gasteiger partial charge in [0, 0.05) is 12.6 Å². The lowest BCUT2D eigenvalue weighted by Gasteiger charge is -2.17. The lowest BCUT2D eigenvalue weighted by atomic mass is 9.89.